The van der Waals surface area contributed by atoms with Gasteiger partial charge in [-0.15, -0.1) is 0 Å². The number of alkyl halides is 1. The number of rotatable bonds is 10. The molecule has 1 heterocycles. The van der Waals surface area contributed by atoms with Crippen molar-refractivity contribution in [3.63, 3.8) is 0 Å². The SMILES string of the molecule is CCc1ccc(COC[C@H](F)CCCCN2C[C@H](O)[C@@H](O)[C@H](O)[C@@H](O)C2)cc1. The quantitative estimate of drug-likeness (QED) is 0.439. The van der Waals surface area contributed by atoms with Gasteiger partial charge in [0.2, 0.25) is 0 Å². The first-order valence-electron chi connectivity index (χ1n) is 10.1. The molecule has 0 unspecified atom stereocenters. The first kappa shape index (κ1) is 23.2. The minimum Gasteiger partial charge on any atom is -0.389 e. The normalized spacial score (nSPS) is 27.5. The lowest BCUT2D eigenvalue weighted by Crippen LogP contribution is -2.43. The monoisotopic (exact) mass is 399 g/mol. The molecule has 0 aliphatic carbocycles. The zero-order valence-electron chi connectivity index (χ0n) is 16.6. The van der Waals surface area contributed by atoms with Gasteiger partial charge in [-0.2, -0.15) is 0 Å². The lowest BCUT2D eigenvalue weighted by molar-refractivity contribution is -0.0894. The maximum atomic E-state index is 14.0. The minimum absolute atomic E-state index is 0.0645. The van der Waals surface area contributed by atoms with Crippen molar-refractivity contribution < 1.29 is 29.6 Å². The molecular weight excluding hydrogens is 365 g/mol. The summed E-state index contributed by atoms with van der Waals surface area (Å²) in [5.41, 5.74) is 2.30. The van der Waals surface area contributed by atoms with E-state index in [0.717, 1.165) is 12.0 Å². The average Bonchev–Trinajstić information content (AvgIpc) is 2.78. The fraction of sp³-hybridized carbons (Fsp3) is 0.714. The first-order chi connectivity index (χ1) is 13.4. The molecule has 1 aliphatic rings. The highest BCUT2D eigenvalue weighted by molar-refractivity contribution is 5.21. The van der Waals surface area contributed by atoms with E-state index in [1.54, 1.807) is 4.90 Å². The molecule has 1 aromatic carbocycles. The summed E-state index contributed by atoms with van der Waals surface area (Å²) in [6.07, 6.45) is -3.23. The maximum Gasteiger partial charge on any atom is 0.123 e. The van der Waals surface area contributed by atoms with Gasteiger partial charge in [0.15, 0.2) is 0 Å². The lowest BCUT2D eigenvalue weighted by atomic mass is 10.1. The number of aliphatic hydroxyl groups excluding tert-OH is 4. The Kier molecular flexibility index (Phi) is 9.77. The molecule has 1 saturated heterocycles. The third-order valence-corrected chi connectivity index (χ3v) is 5.27. The van der Waals surface area contributed by atoms with E-state index in [2.05, 4.69) is 19.1 Å². The van der Waals surface area contributed by atoms with Crippen LogP contribution in [0.3, 0.4) is 0 Å². The van der Waals surface area contributed by atoms with Crippen molar-refractivity contribution in [2.75, 3.05) is 26.2 Å². The fourth-order valence-corrected chi connectivity index (χ4v) is 3.42. The van der Waals surface area contributed by atoms with Gasteiger partial charge in [-0.3, -0.25) is 4.90 Å². The third kappa shape index (κ3) is 7.39. The van der Waals surface area contributed by atoms with Crippen molar-refractivity contribution in [3.05, 3.63) is 35.4 Å². The summed E-state index contributed by atoms with van der Waals surface area (Å²) in [4.78, 5) is 1.79. The molecule has 0 bridgehead atoms. The molecular formula is C21H34FNO5. The second-order valence-corrected chi connectivity index (χ2v) is 7.65. The van der Waals surface area contributed by atoms with Crippen molar-refractivity contribution in [2.24, 2.45) is 0 Å². The van der Waals surface area contributed by atoms with Crippen LogP contribution in [0.15, 0.2) is 24.3 Å². The molecule has 1 aliphatic heterocycles. The Morgan fingerprint density at radius 2 is 1.57 bits per heavy atom. The molecule has 0 amide bonds. The van der Waals surface area contributed by atoms with Crippen molar-refractivity contribution in [2.45, 2.75) is 69.8 Å². The van der Waals surface area contributed by atoms with Crippen molar-refractivity contribution in [1.82, 2.24) is 4.90 Å². The predicted octanol–water partition coefficient (Wildman–Crippen LogP) is 1.03. The largest absolute Gasteiger partial charge is 0.389 e. The maximum absolute atomic E-state index is 14.0. The number of aliphatic hydroxyl groups is 4. The molecule has 7 heteroatoms. The van der Waals surface area contributed by atoms with Gasteiger partial charge < -0.3 is 25.2 Å². The summed E-state index contributed by atoms with van der Waals surface area (Å²) < 4.78 is 19.5. The van der Waals surface area contributed by atoms with E-state index in [1.807, 2.05) is 12.1 Å². The fourth-order valence-electron chi connectivity index (χ4n) is 3.42. The molecule has 1 fully saturated rings. The molecule has 5 atom stereocenters. The molecule has 0 spiro atoms. The van der Waals surface area contributed by atoms with Gasteiger partial charge in [-0.05, 0) is 43.4 Å². The second kappa shape index (κ2) is 11.8. The molecule has 0 saturated carbocycles. The molecule has 0 aromatic heterocycles. The second-order valence-electron chi connectivity index (χ2n) is 7.65. The van der Waals surface area contributed by atoms with Crippen molar-refractivity contribution >= 4 is 0 Å². The average molecular weight is 400 g/mol. The number of ether oxygens (including phenoxy) is 1. The van der Waals surface area contributed by atoms with Gasteiger partial charge in [0.05, 0.1) is 25.4 Å². The van der Waals surface area contributed by atoms with Crippen LogP contribution in [0, 0.1) is 0 Å². The molecule has 160 valence electrons. The Balaban J connectivity index is 1.59. The number of hydrogen-bond donors (Lipinski definition) is 4. The van der Waals surface area contributed by atoms with Crippen molar-refractivity contribution in [3.8, 4) is 0 Å². The van der Waals surface area contributed by atoms with Crippen LogP contribution in [0.5, 0.6) is 0 Å². The van der Waals surface area contributed by atoms with Crippen LogP contribution in [-0.2, 0) is 17.8 Å². The summed E-state index contributed by atoms with van der Waals surface area (Å²) in [6.45, 7) is 3.48. The Morgan fingerprint density at radius 3 is 2.14 bits per heavy atom. The Labute approximate surface area is 166 Å². The van der Waals surface area contributed by atoms with E-state index in [9.17, 15) is 24.8 Å². The molecule has 6 nitrogen and oxygen atoms in total. The van der Waals surface area contributed by atoms with Gasteiger partial charge in [-0.25, -0.2) is 4.39 Å². The summed E-state index contributed by atoms with van der Waals surface area (Å²) in [7, 11) is 0. The van der Waals surface area contributed by atoms with Gasteiger partial charge >= 0.3 is 0 Å². The number of unbranched alkanes of at least 4 members (excludes halogenated alkanes) is 1. The van der Waals surface area contributed by atoms with Gasteiger partial charge in [-0.1, -0.05) is 31.2 Å². The topological polar surface area (TPSA) is 93.4 Å². The first-order valence-corrected chi connectivity index (χ1v) is 10.1. The van der Waals surface area contributed by atoms with Crippen LogP contribution in [0.1, 0.15) is 37.3 Å². The van der Waals surface area contributed by atoms with Gasteiger partial charge in [0.1, 0.15) is 18.4 Å². The number of β-amino-alcohol motifs (C(OH)–C–C–N with tert-alkyl or cyclic N) is 2. The zero-order valence-corrected chi connectivity index (χ0v) is 16.6. The van der Waals surface area contributed by atoms with E-state index in [4.69, 9.17) is 4.74 Å². The number of aryl methyl sites for hydroxylation is 1. The van der Waals surface area contributed by atoms with Crippen LogP contribution in [0.2, 0.25) is 0 Å². The highest BCUT2D eigenvalue weighted by Crippen LogP contribution is 2.15. The van der Waals surface area contributed by atoms with Crippen molar-refractivity contribution in [1.29, 1.82) is 0 Å². The smallest absolute Gasteiger partial charge is 0.123 e. The summed E-state index contributed by atoms with van der Waals surface area (Å²) in [5, 5.41) is 39.1. The Morgan fingerprint density at radius 1 is 1.00 bits per heavy atom. The summed E-state index contributed by atoms with van der Waals surface area (Å²) in [6, 6.07) is 8.12. The van der Waals surface area contributed by atoms with E-state index < -0.39 is 30.6 Å². The van der Waals surface area contributed by atoms with Crippen LogP contribution < -0.4 is 0 Å². The van der Waals surface area contributed by atoms with E-state index in [1.165, 1.54) is 5.56 Å². The molecule has 28 heavy (non-hydrogen) atoms. The number of likely N-dealkylation sites (tertiary alicyclic amines) is 1. The minimum atomic E-state index is -1.36. The van der Waals surface area contributed by atoms with Crippen LogP contribution in [0.25, 0.3) is 0 Å². The number of hydrogen-bond acceptors (Lipinski definition) is 6. The van der Waals surface area contributed by atoms with Gasteiger partial charge in [0.25, 0.3) is 0 Å². The van der Waals surface area contributed by atoms with Crippen LogP contribution in [0.4, 0.5) is 4.39 Å². The van der Waals surface area contributed by atoms with Crippen LogP contribution >= 0.6 is 0 Å². The lowest BCUT2D eigenvalue weighted by Gasteiger charge is -2.23. The zero-order chi connectivity index (χ0) is 20.5. The van der Waals surface area contributed by atoms with E-state index >= 15 is 0 Å². The van der Waals surface area contributed by atoms with Gasteiger partial charge in [0, 0.05) is 13.1 Å². The third-order valence-electron chi connectivity index (χ3n) is 5.27. The molecule has 0 radical (unpaired) electrons. The summed E-state index contributed by atoms with van der Waals surface area (Å²) >= 11 is 0. The highest BCUT2D eigenvalue weighted by atomic mass is 19.1. The van der Waals surface area contributed by atoms with E-state index in [0.29, 0.717) is 32.4 Å². The Hall–Kier alpha value is -1.09. The number of benzene rings is 1. The highest BCUT2D eigenvalue weighted by Gasteiger charge is 2.35. The molecule has 2 rings (SSSR count). The standard InChI is InChI=1S/C21H34FNO5/c1-2-15-6-8-16(9-7-15)13-28-14-17(22)5-3-4-10-23-11-18(24)20(26)21(27)19(25)12-23/h6-9,17-21,24-27H,2-5,10-14H2,1H3/t17-,18+,19+,20-,21-/m1/s1. The number of nitrogens with zero attached hydrogens (tertiary/aromatic N) is 1. The molecule has 4 N–H and O–H groups in total. The van der Waals surface area contributed by atoms with E-state index in [-0.39, 0.29) is 19.7 Å². The van der Waals surface area contributed by atoms with Crippen LogP contribution in [-0.4, -0.2) is 82.2 Å². The predicted molar refractivity (Wildman–Crippen MR) is 105 cm³/mol. The Bertz CT molecular complexity index is 542. The number of halogens is 1. The molecule has 1 aromatic rings. The summed E-state index contributed by atoms with van der Waals surface area (Å²) in [5.74, 6) is 0.